The van der Waals surface area contributed by atoms with Gasteiger partial charge in [0.25, 0.3) is 0 Å². The highest BCUT2D eigenvalue weighted by molar-refractivity contribution is 8.00. The molecule has 0 bridgehead atoms. The number of aromatic amines is 1. The molecule has 2 aliphatic heterocycles. The number of H-pyrrole nitrogens is 1. The molecule has 186 valence electrons. The number of carbonyl (C=O) groups is 3. The first-order valence-electron chi connectivity index (χ1n) is 10.9. The molecule has 0 aliphatic carbocycles. The van der Waals surface area contributed by atoms with Gasteiger partial charge < -0.3 is 14.5 Å². The van der Waals surface area contributed by atoms with E-state index in [0.29, 0.717) is 36.9 Å². The summed E-state index contributed by atoms with van der Waals surface area (Å²) in [6.07, 6.45) is 0. The summed E-state index contributed by atoms with van der Waals surface area (Å²) in [5.74, 6) is -2.59. The van der Waals surface area contributed by atoms with E-state index in [1.807, 2.05) is 0 Å². The van der Waals surface area contributed by atoms with Crippen LogP contribution in [0.5, 0.6) is 5.75 Å². The van der Waals surface area contributed by atoms with Crippen molar-refractivity contribution in [1.82, 2.24) is 4.98 Å². The Balaban J connectivity index is 1.61. The number of benzene rings is 2. The molecule has 2 amide bonds. The lowest BCUT2D eigenvalue weighted by Crippen LogP contribution is -2.32. The molecule has 36 heavy (non-hydrogen) atoms. The molecule has 2 aliphatic rings. The Morgan fingerprint density at radius 1 is 1.06 bits per heavy atom. The number of nitrogens with one attached hydrogen (secondary N) is 1. The Morgan fingerprint density at radius 2 is 1.78 bits per heavy atom. The second-order valence-electron chi connectivity index (χ2n) is 8.01. The maximum atomic E-state index is 13.8. The Kier molecular flexibility index (Phi) is 6.86. The number of anilines is 1. The van der Waals surface area contributed by atoms with Crippen LogP contribution in [0, 0.1) is 5.92 Å². The number of carbonyl (C=O) groups excluding carboxylic acids is 3. The second-order valence-corrected chi connectivity index (χ2v) is 11.1. The number of fused-ring (bicyclic) bond motifs is 2. The van der Waals surface area contributed by atoms with Crippen LogP contribution >= 0.6 is 46.3 Å². The van der Waals surface area contributed by atoms with E-state index in [4.69, 9.17) is 32.7 Å². The highest BCUT2D eigenvalue weighted by Crippen LogP contribution is 2.54. The topological polar surface area (TPSA) is 106 Å². The number of aromatic nitrogens is 1. The highest BCUT2D eigenvalue weighted by atomic mass is 35.5. The summed E-state index contributed by atoms with van der Waals surface area (Å²) in [6.45, 7) is 1.55. The van der Waals surface area contributed by atoms with Gasteiger partial charge in [0, 0.05) is 26.4 Å². The van der Waals surface area contributed by atoms with Gasteiger partial charge in [-0.05, 0) is 49.4 Å². The van der Waals surface area contributed by atoms with Crippen molar-refractivity contribution in [2.24, 2.45) is 5.92 Å². The van der Waals surface area contributed by atoms with Crippen molar-refractivity contribution in [2.45, 2.75) is 23.1 Å². The fourth-order valence-electron chi connectivity index (χ4n) is 4.43. The lowest BCUT2D eigenvalue weighted by Gasteiger charge is -2.31. The molecule has 3 unspecified atom stereocenters. The fourth-order valence-corrected chi connectivity index (χ4v) is 7.24. The van der Waals surface area contributed by atoms with Crippen molar-refractivity contribution in [3.8, 4) is 5.75 Å². The number of ether oxygens (including phenoxy) is 2. The van der Waals surface area contributed by atoms with Crippen LogP contribution < -0.4 is 14.5 Å². The van der Waals surface area contributed by atoms with Crippen molar-refractivity contribution in [3.05, 3.63) is 72.6 Å². The van der Waals surface area contributed by atoms with Gasteiger partial charge in [0.05, 0.1) is 23.2 Å². The first-order valence-corrected chi connectivity index (χ1v) is 13.3. The fraction of sp³-hybridized carbons (Fsp3) is 0.250. The summed E-state index contributed by atoms with van der Waals surface area (Å²) in [5.41, 5.74) is 0.905. The number of halogens is 2. The quantitative estimate of drug-likeness (QED) is 0.347. The third-order valence-electron chi connectivity index (χ3n) is 5.87. The smallest absolute Gasteiger partial charge is 0.344 e. The van der Waals surface area contributed by atoms with Gasteiger partial charge in [0.15, 0.2) is 6.61 Å². The number of nitrogens with zero attached hydrogens (tertiary/aromatic N) is 1. The number of imide groups is 1. The zero-order valence-electron chi connectivity index (χ0n) is 18.7. The summed E-state index contributed by atoms with van der Waals surface area (Å²) in [5, 5.41) is 0.586. The minimum Gasteiger partial charge on any atom is -0.482 e. The van der Waals surface area contributed by atoms with Crippen LogP contribution in [0.2, 0.25) is 10.0 Å². The molecule has 0 saturated carbocycles. The van der Waals surface area contributed by atoms with Gasteiger partial charge in [-0.1, -0.05) is 46.3 Å². The van der Waals surface area contributed by atoms with Crippen molar-refractivity contribution in [1.29, 1.82) is 0 Å². The van der Waals surface area contributed by atoms with E-state index in [9.17, 15) is 19.2 Å². The van der Waals surface area contributed by atoms with Gasteiger partial charge in [0.2, 0.25) is 11.8 Å². The molecule has 0 radical (unpaired) electrons. The number of esters is 1. The predicted molar refractivity (Wildman–Crippen MR) is 137 cm³/mol. The van der Waals surface area contributed by atoms with Crippen LogP contribution in [-0.4, -0.2) is 41.2 Å². The molecule has 3 heterocycles. The van der Waals surface area contributed by atoms with Gasteiger partial charge >= 0.3 is 10.8 Å². The van der Waals surface area contributed by atoms with Gasteiger partial charge in [-0.15, -0.1) is 0 Å². The molecule has 1 saturated heterocycles. The van der Waals surface area contributed by atoms with Crippen LogP contribution in [-0.2, 0) is 19.1 Å². The van der Waals surface area contributed by atoms with Crippen molar-refractivity contribution in [3.63, 3.8) is 0 Å². The average Bonchev–Trinajstić information content (AvgIpc) is 3.33. The summed E-state index contributed by atoms with van der Waals surface area (Å²) >= 11 is 14.5. The maximum Gasteiger partial charge on any atom is 0.344 e. The SMILES string of the molecule is CCOC(=O)COc1ccc(Cl)cc1C1c2sc(=O)[nH]c2SC2C(=O)N(c3ccc(Cl)cc3)C(=O)C21. The zero-order chi connectivity index (χ0) is 25.6. The maximum absolute atomic E-state index is 13.8. The standard InChI is InChI=1S/C24H18Cl2N2O6S2/c1-2-33-16(29)10-34-15-8-5-12(26)9-14(15)17-18-20(35-21-19(17)36-24(32)27-21)23(31)28(22(18)30)13-6-3-11(25)4-7-13/h3-9,17-18,20H,2,10H2,1H3,(H,27,32). The number of amides is 2. The molecular formula is C24H18Cl2N2O6S2. The van der Waals surface area contributed by atoms with E-state index in [-0.39, 0.29) is 18.1 Å². The third kappa shape index (κ3) is 4.43. The van der Waals surface area contributed by atoms with E-state index in [0.717, 1.165) is 28.0 Å². The molecule has 0 spiro atoms. The number of rotatable bonds is 6. The monoisotopic (exact) mass is 564 g/mol. The Hall–Kier alpha value is -2.79. The Morgan fingerprint density at radius 3 is 2.50 bits per heavy atom. The lowest BCUT2D eigenvalue weighted by molar-refractivity contribution is -0.145. The molecule has 12 heteroatoms. The third-order valence-corrected chi connectivity index (χ3v) is 8.75. The molecule has 2 aromatic carbocycles. The molecular weight excluding hydrogens is 547 g/mol. The largest absolute Gasteiger partial charge is 0.482 e. The van der Waals surface area contributed by atoms with Crippen molar-refractivity contribution in [2.75, 3.05) is 18.1 Å². The van der Waals surface area contributed by atoms with Crippen molar-refractivity contribution >= 4 is 69.8 Å². The summed E-state index contributed by atoms with van der Waals surface area (Å²) < 4.78 is 10.7. The minimum atomic E-state index is -0.833. The lowest BCUT2D eigenvalue weighted by atomic mass is 9.82. The molecule has 1 fully saturated rings. The van der Waals surface area contributed by atoms with Gasteiger partial charge in [-0.2, -0.15) is 0 Å². The number of thiazole rings is 1. The molecule has 5 rings (SSSR count). The van der Waals surface area contributed by atoms with Crippen molar-refractivity contribution < 1.29 is 23.9 Å². The Bertz CT molecular complexity index is 1420. The van der Waals surface area contributed by atoms with E-state index in [2.05, 4.69) is 4.98 Å². The molecule has 8 nitrogen and oxygen atoms in total. The minimum absolute atomic E-state index is 0.205. The van der Waals surface area contributed by atoms with Gasteiger partial charge in [-0.3, -0.25) is 14.4 Å². The molecule has 1 N–H and O–H groups in total. The second kappa shape index (κ2) is 9.93. The van der Waals surface area contributed by atoms with E-state index < -0.39 is 34.9 Å². The highest BCUT2D eigenvalue weighted by Gasteiger charge is 2.56. The molecule has 3 atom stereocenters. The Labute approximate surface area is 223 Å². The van der Waals surface area contributed by atoms with Crippen LogP contribution in [0.25, 0.3) is 0 Å². The molecule has 1 aromatic heterocycles. The number of hydrogen-bond acceptors (Lipinski definition) is 8. The summed E-state index contributed by atoms with van der Waals surface area (Å²) in [7, 11) is 0. The van der Waals surface area contributed by atoms with Gasteiger partial charge in [-0.25, -0.2) is 9.69 Å². The zero-order valence-corrected chi connectivity index (χ0v) is 21.8. The van der Waals surface area contributed by atoms with Crippen LogP contribution in [0.15, 0.2) is 52.3 Å². The van der Waals surface area contributed by atoms with E-state index >= 15 is 0 Å². The number of hydrogen-bond donors (Lipinski definition) is 1. The van der Waals surface area contributed by atoms with Crippen LogP contribution in [0.3, 0.4) is 0 Å². The van der Waals surface area contributed by atoms with E-state index in [1.165, 1.54) is 0 Å². The summed E-state index contributed by atoms with van der Waals surface area (Å²) in [6, 6.07) is 11.3. The first-order chi connectivity index (χ1) is 17.3. The van der Waals surface area contributed by atoms with Gasteiger partial charge in [0.1, 0.15) is 11.0 Å². The first kappa shape index (κ1) is 24.9. The number of thioether (sulfide) groups is 1. The van der Waals surface area contributed by atoms with E-state index in [1.54, 1.807) is 49.4 Å². The van der Waals surface area contributed by atoms with Crippen LogP contribution in [0.4, 0.5) is 5.69 Å². The summed E-state index contributed by atoms with van der Waals surface area (Å²) in [4.78, 5) is 55.8. The van der Waals surface area contributed by atoms with Crippen LogP contribution in [0.1, 0.15) is 23.3 Å². The molecule has 3 aromatic rings. The normalized spacial score (nSPS) is 20.8. The predicted octanol–water partition coefficient (Wildman–Crippen LogP) is 4.48. The average molecular weight is 565 g/mol.